The van der Waals surface area contributed by atoms with E-state index in [1.165, 1.54) is 6.07 Å². The van der Waals surface area contributed by atoms with Gasteiger partial charge in [0.25, 0.3) is 9.05 Å². The normalized spacial score (nSPS) is 12.3. The summed E-state index contributed by atoms with van der Waals surface area (Å²) < 4.78 is 23.3. The lowest BCUT2D eigenvalue weighted by atomic mass is 9.89. The molecule has 0 saturated carbocycles. The molecule has 0 aliphatic rings. The summed E-state index contributed by atoms with van der Waals surface area (Å²) in [6.07, 6.45) is 0.698. The van der Waals surface area contributed by atoms with Crippen LogP contribution in [0.25, 0.3) is 0 Å². The van der Waals surface area contributed by atoms with Crippen LogP contribution < -0.4 is 5.32 Å². The highest BCUT2D eigenvalue weighted by atomic mass is 79.9. The first-order valence-corrected chi connectivity index (χ1v) is 9.15. The first-order valence-electron chi connectivity index (χ1n) is 6.05. The summed E-state index contributed by atoms with van der Waals surface area (Å²) in [4.78, 5) is 12.2. The first kappa shape index (κ1) is 17.5. The summed E-state index contributed by atoms with van der Waals surface area (Å²) in [7, 11) is 1.55. The van der Waals surface area contributed by atoms with E-state index in [9.17, 15) is 13.2 Å². The third-order valence-corrected chi connectivity index (χ3v) is 5.39. The number of hydrogen-bond donors (Lipinski definition) is 1. The van der Waals surface area contributed by atoms with Crippen molar-refractivity contribution >= 4 is 47.3 Å². The van der Waals surface area contributed by atoms with Gasteiger partial charge in [-0.25, -0.2) is 8.42 Å². The Labute approximate surface area is 132 Å². The molecule has 1 rings (SSSR count). The van der Waals surface area contributed by atoms with Crippen molar-refractivity contribution in [2.75, 3.05) is 5.32 Å². The smallest absolute Gasteiger partial charge is 0.261 e. The van der Waals surface area contributed by atoms with Crippen molar-refractivity contribution in [1.82, 2.24) is 0 Å². The summed E-state index contributed by atoms with van der Waals surface area (Å²) in [5.41, 5.74) is 0.510. The number of rotatable bonds is 4. The molecule has 1 aromatic rings. The minimum absolute atomic E-state index is 0.0267. The number of halogens is 2. The average molecular weight is 383 g/mol. The predicted octanol–water partition coefficient (Wildman–Crippen LogP) is 4.06. The highest BCUT2D eigenvalue weighted by Gasteiger charge is 2.26. The van der Waals surface area contributed by atoms with Crippen LogP contribution in [-0.4, -0.2) is 14.3 Å². The van der Waals surface area contributed by atoms with Crippen molar-refractivity contribution in [1.29, 1.82) is 0 Å². The highest BCUT2D eigenvalue weighted by molar-refractivity contribution is 9.10. The molecule has 0 spiro atoms. The minimum atomic E-state index is -3.80. The number of carbonyl (C=O) groups excluding carboxylic acids is 1. The molecule has 1 N–H and O–H groups in total. The molecule has 1 aromatic carbocycles. The summed E-state index contributed by atoms with van der Waals surface area (Å²) in [6.45, 7) is 7.26. The summed E-state index contributed by atoms with van der Waals surface area (Å²) >= 11 is 3.25. The maximum Gasteiger partial charge on any atom is 0.261 e. The van der Waals surface area contributed by atoms with Gasteiger partial charge in [0.05, 0.1) is 10.6 Å². The summed E-state index contributed by atoms with van der Waals surface area (Å²) in [5, 5.41) is 2.80. The van der Waals surface area contributed by atoms with Crippen molar-refractivity contribution in [2.45, 2.75) is 39.0 Å². The van der Waals surface area contributed by atoms with Crippen LogP contribution in [0.4, 0.5) is 5.69 Å². The van der Waals surface area contributed by atoms with E-state index in [0.717, 1.165) is 0 Å². The van der Waals surface area contributed by atoms with Crippen molar-refractivity contribution in [3.8, 4) is 0 Å². The summed E-state index contributed by atoms with van der Waals surface area (Å²) in [5.74, 6) is -0.124. The number of amides is 1. The minimum Gasteiger partial charge on any atom is -0.325 e. The van der Waals surface area contributed by atoms with Gasteiger partial charge in [0.2, 0.25) is 5.91 Å². The van der Waals surface area contributed by atoms with E-state index in [-0.39, 0.29) is 10.8 Å². The molecule has 0 fully saturated rings. The Hall–Kier alpha value is -0.590. The molecule has 0 heterocycles. The van der Waals surface area contributed by atoms with Gasteiger partial charge in [0.1, 0.15) is 0 Å². The van der Waals surface area contributed by atoms with Gasteiger partial charge in [-0.3, -0.25) is 4.79 Å². The SMILES string of the molecule is CCC(C)(C)C(=O)Nc1cc(C)c(S(=O)(=O)Cl)cc1Br. The van der Waals surface area contributed by atoms with Gasteiger partial charge >= 0.3 is 0 Å². The molecule has 1 amide bonds. The zero-order valence-corrected chi connectivity index (χ0v) is 14.9. The third kappa shape index (κ3) is 3.96. The maximum absolute atomic E-state index is 12.1. The van der Waals surface area contributed by atoms with E-state index in [4.69, 9.17) is 10.7 Å². The van der Waals surface area contributed by atoms with E-state index in [1.54, 1.807) is 13.0 Å². The van der Waals surface area contributed by atoms with E-state index < -0.39 is 14.5 Å². The Morgan fingerprint density at radius 3 is 2.40 bits per heavy atom. The molecule has 0 radical (unpaired) electrons. The Morgan fingerprint density at radius 2 is 1.95 bits per heavy atom. The first-order chi connectivity index (χ1) is 8.99. The second-order valence-electron chi connectivity index (χ2n) is 5.23. The predicted molar refractivity (Wildman–Crippen MR) is 84.6 cm³/mol. The molecule has 7 heteroatoms. The van der Waals surface area contributed by atoms with Gasteiger partial charge in [-0.15, -0.1) is 0 Å². The van der Waals surface area contributed by atoms with Gasteiger partial charge in [0.15, 0.2) is 0 Å². The number of anilines is 1. The fourth-order valence-corrected chi connectivity index (χ4v) is 3.27. The Balaban J connectivity index is 3.18. The molecule has 0 saturated heterocycles. The lowest BCUT2D eigenvalue weighted by Gasteiger charge is -2.22. The molecule has 112 valence electrons. The topological polar surface area (TPSA) is 63.2 Å². The van der Waals surface area contributed by atoms with E-state index in [0.29, 0.717) is 22.1 Å². The number of aryl methyl sites for hydroxylation is 1. The van der Waals surface area contributed by atoms with Crippen LogP contribution in [0.15, 0.2) is 21.5 Å². The summed E-state index contributed by atoms with van der Waals surface area (Å²) in [6, 6.07) is 2.98. The molecule has 0 aromatic heterocycles. The van der Waals surface area contributed by atoms with Crippen molar-refractivity contribution in [2.24, 2.45) is 5.41 Å². The van der Waals surface area contributed by atoms with Gasteiger partial charge in [-0.2, -0.15) is 0 Å². The molecule has 0 bridgehead atoms. The van der Waals surface area contributed by atoms with Gasteiger partial charge in [-0.05, 0) is 47.0 Å². The molecular weight excluding hydrogens is 366 g/mol. The van der Waals surface area contributed by atoms with E-state index in [1.807, 2.05) is 20.8 Å². The fourth-order valence-electron chi connectivity index (χ4n) is 1.47. The molecular formula is C13H17BrClNO3S. The van der Waals surface area contributed by atoms with E-state index >= 15 is 0 Å². The molecule has 0 aliphatic carbocycles. The zero-order valence-electron chi connectivity index (χ0n) is 11.8. The number of hydrogen-bond acceptors (Lipinski definition) is 3. The van der Waals surface area contributed by atoms with Crippen LogP contribution >= 0.6 is 26.6 Å². The maximum atomic E-state index is 12.1. The van der Waals surface area contributed by atoms with Crippen LogP contribution in [0.5, 0.6) is 0 Å². The molecule has 20 heavy (non-hydrogen) atoms. The van der Waals surface area contributed by atoms with Gasteiger partial charge < -0.3 is 5.32 Å². The second-order valence-corrected chi connectivity index (χ2v) is 8.62. The van der Waals surface area contributed by atoms with Crippen LogP contribution in [0.2, 0.25) is 0 Å². The van der Waals surface area contributed by atoms with Crippen LogP contribution in [0.3, 0.4) is 0 Å². The Bertz CT molecular complexity index is 641. The zero-order chi connectivity index (χ0) is 15.7. The van der Waals surface area contributed by atoms with Crippen LogP contribution in [-0.2, 0) is 13.8 Å². The average Bonchev–Trinajstić information content (AvgIpc) is 2.31. The van der Waals surface area contributed by atoms with Crippen LogP contribution in [0, 0.1) is 12.3 Å². The second kappa shape index (κ2) is 6.03. The number of carbonyl (C=O) groups is 1. The van der Waals surface area contributed by atoms with Crippen molar-refractivity contribution in [3.05, 3.63) is 22.2 Å². The Morgan fingerprint density at radius 1 is 1.40 bits per heavy atom. The lowest BCUT2D eigenvalue weighted by Crippen LogP contribution is -2.30. The number of benzene rings is 1. The molecule has 0 atom stereocenters. The van der Waals surface area contributed by atoms with Crippen molar-refractivity contribution in [3.63, 3.8) is 0 Å². The van der Waals surface area contributed by atoms with Gasteiger partial charge in [-0.1, -0.05) is 20.8 Å². The fraction of sp³-hybridized carbons (Fsp3) is 0.462. The van der Waals surface area contributed by atoms with E-state index in [2.05, 4.69) is 21.2 Å². The molecule has 0 aliphatic heterocycles. The van der Waals surface area contributed by atoms with Crippen molar-refractivity contribution < 1.29 is 13.2 Å². The third-order valence-electron chi connectivity index (χ3n) is 3.27. The lowest BCUT2D eigenvalue weighted by molar-refractivity contribution is -0.124. The van der Waals surface area contributed by atoms with Crippen LogP contribution in [0.1, 0.15) is 32.8 Å². The quantitative estimate of drug-likeness (QED) is 0.799. The Kier molecular flexibility index (Phi) is 5.27. The standard InChI is InChI=1S/C13H17BrClNO3S/c1-5-13(3,4)12(17)16-10-6-8(2)11(7-9(10)14)20(15,18)19/h6-7H,5H2,1-4H3,(H,16,17). The number of nitrogens with one attached hydrogen (secondary N) is 1. The molecule has 4 nitrogen and oxygen atoms in total. The molecule has 0 unspecified atom stereocenters. The van der Waals surface area contributed by atoms with Gasteiger partial charge in [0, 0.05) is 20.6 Å². The highest BCUT2D eigenvalue weighted by Crippen LogP contribution is 2.32. The largest absolute Gasteiger partial charge is 0.325 e. The monoisotopic (exact) mass is 381 g/mol.